The number of carbonyl (C=O) groups is 3. The third kappa shape index (κ3) is 2.64. The van der Waals surface area contributed by atoms with Gasteiger partial charge in [0.25, 0.3) is 11.8 Å². The van der Waals surface area contributed by atoms with E-state index >= 15 is 0 Å². The van der Waals surface area contributed by atoms with Crippen molar-refractivity contribution in [1.82, 2.24) is 10.2 Å². The van der Waals surface area contributed by atoms with Crippen molar-refractivity contribution in [2.45, 2.75) is 19.8 Å². The molecular formula is C14H17N3O3. The van der Waals surface area contributed by atoms with Gasteiger partial charge < -0.3 is 10.6 Å². The SMILES string of the molecule is CCCCNC(=O)Nc1ccc2c(c1)C(=O)N(C)C2=O. The minimum Gasteiger partial charge on any atom is -0.338 e. The molecule has 1 aromatic carbocycles. The van der Waals surface area contributed by atoms with Gasteiger partial charge in [-0.15, -0.1) is 0 Å². The Morgan fingerprint density at radius 1 is 1.20 bits per heavy atom. The van der Waals surface area contributed by atoms with Crippen LogP contribution in [0.15, 0.2) is 18.2 Å². The van der Waals surface area contributed by atoms with E-state index in [2.05, 4.69) is 10.6 Å². The van der Waals surface area contributed by atoms with Crippen LogP contribution in [0.3, 0.4) is 0 Å². The monoisotopic (exact) mass is 275 g/mol. The van der Waals surface area contributed by atoms with E-state index in [0.29, 0.717) is 23.4 Å². The van der Waals surface area contributed by atoms with Crippen molar-refractivity contribution in [1.29, 1.82) is 0 Å². The second-order valence-electron chi connectivity index (χ2n) is 4.66. The molecular weight excluding hydrogens is 258 g/mol. The quantitative estimate of drug-likeness (QED) is 0.650. The van der Waals surface area contributed by atoms with Crippen LogP contribution in [-0.4, -0.2) is 36.3 Å². The maximum atomic E-state index is 11.8. The Morgan fingerprint density at radius 2 is 1.90 bits per heavy atom. The van der Waals surface area contributed by atoms with Crippen LogP contribution in [0.2, 0.25) is 0 Å². The van der Waals surface area contributed by atoms with Crippen LogP contribution < -0.4 is 10.6 Å². The summed E-state index contributed by atoms with van der Waals surface area (Å²) in [6.07, 6.45) is 1.91. The molecule has 4 amide bonds. The van der Waals surface area contributed by atoms with Gasteiger partial charge in [0, 0.05) is 19.3 Å². The van der Waals surface area contributed by atoms with E-state index in [1.807, 2.05) is 6.92 Å². The van der Waals surface area contributed by atoms with Crippen LogP contribution in [0.25, 0.3) is 0 Å². The van der Waals surface area contributed by atoms with Crippen molar-refractivity contribution >= 4 is 23.5 Å². The van der Waals surface area contributed by atoms with Gasteiger partial charge in [-0.05, 0) is 24.6 Å². The van der Waals surface area contributed by atoms with Crippen molar-refractivity contribution in [3.8, 4) is 0 Å². The average Bonchev–Trinajstić information content (AvgIpc) is 2.64. The van der Waals surface area contributed by atoms with Crippen LogP contribution in [-0.2, 0) is 0 Å². The summed E-state index contributed by atoms with van der Waals surface area (Å²) in [5.41, 5.74) is 1.19. The maximum absolute atomic E-state index is 11.8. The number of imide groups is 1. The zero-order valence-electron chi connectivity index (χ0n) is 11.5. The van der Waals surface area contributed by atoms with Gasteiger partial charge in [0.05, 0.1) is 11.1 Å². The van der Waals surface area contributed by atoms with Crippen molar-refractivity contribution in [2.24, 2.45) is 0 Å². The maximum Gasteiger partial charge on any atom is 0.319 e. The number of unbranched alkanes of at least 4 members (excludes halogenated alkanes) is 1. The predicted molar refractivity (Wildman–Crippen MR) is 74.8 cm³/mol. The molecule has 1 heterocycles. The Morgan fingerprint density at radius 3 is 2.60 bits per heavy atom. The minimum atomic E-state index is -0.347. The third-order valence-corrected chi connectivity index (χ3v) is 3.16. The molecule has 0 atom stereocenters. The summed E-state index contributed by atoms with van der Waals surface area (Å²) >= 11 is 0. The molecule has 0 spiro atoms. The third-order valence-electron chi connectivity index (χ3n) is 3.16. The highest BCUT2D eigenvalue weighted by Crippen LogP contribution is 2.24. The normalized spacial score (nSPS) is 13.4. The largest absolute Gasteiger partial charge is 0.338 e. The fourth-order valence-electron chi connectivity index (χ4n) is 1.99. The first-order chi connectivity index (χ1) is 9.54. The summed E-state index contributed by atoms with van der Waals surface area (Å²) in [4.78, 5) is 36.2. The Balaban J connectivity index is 2.07. The first-order valence-electron chi connectivity index (χ1n) is 6.56. The minimum absolute atomic E-state index is 0.316. The van der Waals surface area contributed by atoms with Gasteiger partial charge >= 0.3 is 6.03 Å². The fraction of sp³-hybridized carbons (Fsp3) is 0.357. The number of benzene rings is 1. The number of fused-ring (bicyclic) bond motifs is 1. The van der Waals surface area contributed by atoms with Crippen LogP contribution in [0.4, 0.5) is 10.5 Å². The number of urea groups is 1. The van der Waals surface area contributed by atoms with Crippen LogP contribution in [0.1, 0.15) is 40.5 Å². The van der Waals surface area contributed by atoms with Crippen molar-refractivity contribution in [2.75, 3.05) is 18.9 Å². The summed E-state index contributed by atoms with van der Waals surface area (Å²) in [5.74, 6) is -0.663. The molecule has 20 heavy (non-hydrogen) atoms. The van der Waals surface area contributed by atoms with E-state index in [0.717, 1.165) is 17.7 Å². The molecule has 0 aromatic heterocycles. The molecule has 0 saturated carbocycles. The number of hydrogen-bond acceptors (Lipinski definition) is 3. The second-order valence-corrected chi connectivity index (χ2v) is 4.66. The van der Waals surface area contributed by atoms with Crippen molar-refractivity contribution in [3.63, 3.8) is 0 Å². The summed E-state index contributed by atoms with van der Waals surface area (Å²) in [7, 11) is 1.44. The van der Waals surface area contributed by atoms with E-state index < -0.39 is 0 Å². The number of rotatable bonds is 4. The predicted octanol–water partition coefficient (Wildman–Crippen LogP) is 1.83. The Bertz CT molecular complexity index is 569. The highest BCUT2D eigenvalue weighted by molar-refractivity contribution is 6.21. The molecule has 0 aliphatic carbocycles. The smallest absolute Gasteiger partial charge is 0.319 e. The average molecular weight is 275 g/mol. The summed E-state index contributed by atoms with van der Waals surface area (Å²) in [6.45, 7) is 2.65. The molecule has 106 valence electrons. The Kier molecular flexibility index (Phi) is 4.02. The summed E-state index contributed by atoms with van der Waals surface area (Å²) in [6, 6.07) is 4.38. The second kappa shape index (κ2) is 5.73. The van der Waals surface area contributed by atoms with Crippen molar-refractivity contribution in [3.05, 3.63) is 29.3 Å². The molecule has 1 aliphatic heterocycles. The van der Waals surface area contributed by atoms with Crippen LogP contribution in [0, 0.1) is 0 Å². The molecule has 2 N–H and O–H groups in total. The highest BCUT2D eigenvalue weighted by Gasteiger charge is 2.32. The molecule has 1 aliphatic rings. The first-order valence-corrected chi connectivity index (χ1v) is 6.56. The lowest BCUT2D eigenvalue weighted by atomic mass is 10.1. The van der Waals surface area contributed by atoms with Gasteiger partial charge in [0.2, 0.25) is 0 Å². The molecule has 0 unspecified atom stereocenters. The molecule has 6 nitrogen and oxygen atoms in total. The van der Waals surface area contributed by atoms with Gasteiger partial charge in [-0.25, -0.2) is 4.79 Å². The number of amides is 4. The number of carbonyl (C=O) groups excluding carboxylic acids is 3. The standard InChI is InChI=1S/C14H17N3O3/c1-3-4-7-15-14(20)16-9-5-6-10-11(8-9)13(19)17(2)12(10)18/h5-6,8H,3-4,7H2,1-2H3,(H2,15,16,20). The fourth-order valence-corrected chi connectivity index (χ4v) is 1.99. The topological polar surface area (TPSA) is 78.5 Å². The lowest BCUT2D eigenvalue weighted by molar-refractivity contribution is 0.0693. The Hall–Kier alpha value is -2.37. The molecule has 0 bridgehead atoms. The first kappa shape index (κ1) is 14.0. The van der Waals surface area contributed by atoms with Gasteiger partial charge in [0.1, 0.15) is 0 Å². The summed E-state index contributed by atoms with van der Waals surface area (Å²) in [5, 5.41) is 5.36. The molecule has 0 saturated heterocycles. The van der Waals surface area contributed by atoms with Crippen LogP contribution in [0.5, 0.6) is 0 Å². The van der Waals surface area contributed by atoms with E-state index in [4.69, 9.17) is 0 Å². The lowest BCUT2D eigenvalue weighted by Gasteiger charge is -2.07. The molecule has 2 rings (SSSR count). The Labute approximate surface area is 117 Å². The van der Waals surface area contributed by atoms with Crippen molar-refractivity contribution < 1.29 is 14.4 Å². The number of nitrogens with one attached hydrogen (secondary N) is 2. The number of nitrogens with zero attached hydrogens (tertiary/aromatic N) is 1. The summed E-state index contributed by atoms with van der Waals surface area (Å²) < 4.78 is 0. The zero-order valence-corrected chi connectivity index (χ0v) is 11.5. The van der Waals surface area contributed by atoms with Gasteiger partial charge in [-0.2, -0.15) is 0 Å². The molecule has 0 radical (unpaired) electrons. The van der Waals surface area contributed by atoms with Gasteiger partial charge in [-0.1, -0.05) is 13.3 Å². The van der Waals surface area contributed by atoms with E-state index in [-0.39, 0.29) is 17.8 Å². The highest BCUT2D eigenvalue weighted by atomic mass is 16.2. The molecule has 1 aromatic rings. The number of hydrogen-bond donors (Lipinski definition) is 2. The molecule has 0 fully saturated rings. The van der Waals surface area contributed by atoms with Gasteiger partial charge in [-0.3, -0.25) is 14.5 Å². The number of anilines is 1. The van der Waals surface area contributed by atoms with Crippen LogP contribution >= 0.6 is 0 Å². The van der Waals surface area contributed by atoms with E-state index in [1.54, 1.807) is 12.1 Å². The molecule has 6 heteroatoms. The van der Waals surface area contributed by atoms with Gasteiger partial charge in [0.15, 0.2) is 0 Å². The lowest BCUT2D eigenvalue weighted by Crippen LogP contribution is -2.29. The van der Waals surface area contributed by atoms with E-state index in [9.17, 15) is 14.4 Å². The zero-order chi connectivity index (χ0) is 14.7. The van der Waals surface area contributed by atoms with E-state index in [1.165, 1.54) is 13.1 Å².